The van der Waals surface area contributed by atoms with Gasteiger partial charge in [-0.05, 0) is 12.1 Å². The number of nitro groups is 1. The van der Waals surface area contributed by atoms with Crippen LogP contribution in [0.3, 0.4) is 0 Å². The predicted octanol–water partition coefficient (Wildman–Crippen LogP) is -2.11. The number of aliphatic carboxylic acids is 1. The maximum Gasteiger partial charge on any atom is 0.289 e. The number of carbonyl (C=O) groups is 2. The Morgan fingerprint density at radius 2 is 2.13 bits per heavy atom. The van der Waals surface area contributed by atoms with Crippen molar-refractivity contribution in [3.8, 4) is 0 Å². The van der Waals surface area contributed by atoms with E-state index in [4.69, 9.17) is 11.6 Å². The lowest BCUT2D eigenvalue weighted by molar-refractivity contribution is -0.684. The molecule has 0 fully saturated rings. The normalized spacial score (nSPS) is 11.7. The number of nitrogens with one attached hydrogen (secondary N) is 1. The van der Waals surface area contributed by atoms with Gasteiger partial charge in [-0.25, -0.2) is 0 Å². The van der Waals surface area contributed by atoms with Gasteiger partial charge < -0.3 is 26.3 Å². The fraction of sp³-hybridized carbons (Fsp3) is 0.385. The van der Waals surface area contributed by atoms with Gasteiger partial charge in [-0.3, -0.25) is 14.9 Å². The number of benzene rings is 1. The average molecular weight is 346 g/mol. The zero-order chi connectivity index (χ0) is 17.4. The SMILES string of the molecule is [NH3+]CCC[NH2+][C@H](CC(=O)Nc1ccc(Cl)c([N+](=O)[O-])c1)C(=O)[O-]. The molecule has 0 saturated heterocycles. The summed E-state index contributed by atoms with van der Waals surface area (Å²) < 4.78 is 0. The zero-order valence-corrected chi connectivity index (χ0v) is 13.0. The Bertz CT molecular complexity index is 596. The Kier molecular flexibility index (Phi) is 7.39. The molecule has 9 nitrogen and oxygen atoms in total. The van der Waals surface area contributed by atoms with E-state index in [2.05, 4.69) is 11.1 Å². The second kappa shape index (κ2) is 9.03. The van der Waals surface area contributed by atoms with Crippen LogP contribution in [0.5, 0.6) is 0 Å². The number of nitrogens with zero attached hydrogens (tertiary/aromatic N) is 1. The lowest BCUT2D eigenvalue weighted by atomic mass is 10.2. The quantitative estimate of drug-likeness (QED) is 0.265. The molecular weight excluding hydrogens is 328 g/mol. The Morgan fingerprint density at radius 3 is 2.70 bits per heavy atom. The number of carboxylic acid groups (broad SMARTS) is 1. The van der Waals surface area contributed by atoms with Crippen molar-refractivity contribution in [2.24, 2.45) is 0 Å². The largest absolute Gasteiger partial charge is 0.544 e. The van der Waals surface area contributed by atoms with Gasteiger partial charge in [0.25, 0.3) is 5.69 Å². The highest BCUT2D eigenvalue weighted by Crippen LogP contribution is 2.27. The number of rotatable bonds is 9. The molecule has 0 aliphatic carbocycles. The summed E-state index contributed by atoms with van der Waals surface area (Å²) >= 11 is 5.67. The fourth-order valence-corrected chi connectivity index (χ4v) is 2.05. The van der Waals surface area contributed by atoms with Gasteiger partial charge in [0, 0.05) is 18.2 Å². The molecule has 1 aromatic rings. The summed E-state index contributed by atoms with van der Waals surface area (Å²) in [5, 5.41) is 25.7. The Balaban J connectivity index is 2.69. The first-order chi connectivity index (χ1) is 10.8. The molecule has 0 radical (unpaired) electrons. The van der Waals surface area contributed by atoms with Crippen molar-refractivity contribution in [1.82, 2.24) is 0 Å². The molecule has 10 heteroatoms. The van der Waals surface area contributed by atoms with Crippen LogP contribution >= 0.6 is 11.6 Å². The van der Waals surface area contributed by atoms with E-state index >= 15 is 0 Å². The van der Waals surface area contributed by atoms with E-state index in [1.807, 2.05) is 0 Å². The van der Waals surface area contributed by atoms with E-state index in [0.717, 1.165) is 12.5 Å². The van der Waals surface area contributed by atoms with Crippen LogP contribution in [0.25, 0.3) is 0 Å². The Labute approximate surface area is 136 Å². The number of hydrogen-bond donors (Lipinski definition) is 3. The third kappa shape index (κ3) is 6.19. The predicted molar refractivity (Wildman–Crippen MR) is 79.3 cm³/mol. The van der Waals surface area contributed by atoms with Gasteiger partial charge in [0.1, 0.15) is 11.1 Å². The Morgan fingerprint density at radius 1 is 1.43 bits per heavy atom. The van der Waals surface area contributed by atoms with Crippen molar-refractivity contribution in [1.29, 1.82) is 0 Å². The second-order valence-corrected chi connectivity index (χ2v) is 5.24. The summed E-state index contributed by atoms with van der Waals surface area (Å²) in [6.07, 6.45) is 0.407. The van der Waals surface area contributed by atoms with Crippen LogP contribution in [0.4, 0.5) is 11.4 Å². The van der Waals surface area contributed by atoms with E-state index in [1.54, 1.807) is 0 Å². The lowest BCUT2D eigenvalue weighted by Gasteiger charge is -2.16. The first kappa shape index (κ1) is 18.8. The molecule has 6 N–H and O–H groups in total. The minimum atomic E-state index is -1.34. The van der Waals surface area contributed by atoms with Crippen LogP contribution in [0.2, 0.25) is 5.02 Å². The highest BCUT2D eigenvalue weighted by atomic mass is 35.5. The van der Waals surface area contributed by atoms with Crippen LogP contribution in [-0.4, -0.2) is 35.9 Å². The minimum Gasteiger partial charge on any atom is -0.544 e. The number of amides is 1. The number of nitro benzene ring substituents is 1. The first-order valence-corrected chi connectivity index (χ1v) is 7.30. The molecule has 1 rings (SSSR count). The Hall–Kier alpha value is -2.23. The van der Waals surface area contributed by atoms with Crippen LogP contribution < -0.4 is 21.5 Å². The van der Waals surface area contributed by atoms with Crippen LogP contribution in [0.15, 0.2) is 18.2 Å². The highest BCUT2D eigenvalue weighted by Gasteiger charge is 2.19. The van der Waals surface area contributed by atoms with Gasteiger partial charge >= 0.3 is 0 Å². The van der Waals surface area contributed by atoms with Crippen molar-refractivity contribution < 1.29 is 30.7 Å². The number of anilines is 1. The zero-order valence-electron chi connectivity index (χ0n) is 12.3. The van der Waals surface area contributed by atoms with Crippen molar-refractivity contribution in [2.45, 2.75) is 18.9 Å². The van der Waals surface area contributed by atoms with Gasteiger partial charge in [0.15, 0.2) is 0 Å². The van der Waals surface area contributed by atoms with Gasteiger partial charge in [0.05, 0.1) is 30.4 Å². The van der Waals surface area contributed by atoms with Crippen molar-refractivity contribution >= 4 is 34.9 Å². The number of carbonyl (C=O) groups excluding carboxylic acids is 2. The summed E-state index contributed by atoms with van der Waals surface area (Å²) in [4.78, 5) is 33.0. The molecule has 0 saturated carbocycles. The van der Waals surface area contributed by atoms with E-state index in [1.165, 1.54) is 17.4 Å². The van der Waals surface area contributed by atoms with Gasteiger partial charge in [-0.2, -0.15) is 0 Å². The number of carboxylic acids is 1. The molecule has 0 aliphatic heterocycles. The fourth-order valence-electron chi connectivity index (χ4n) is 1.87. The number of nitrogens with two attached hydrogens (primary N) is 1. The minimum absolute atomic E-state index is 0.0536. The van der Waals surface area contributed by atoms with Crippen molar-refractivity contribution in [3.05, 3.63) is 33.3 Å². The molecule has 0 bridgehead atoms. The maximum absolute atomic E-state index is 11.9. The summed E-state index contributed by atoms with van der Waals surface area (Å²) in [5.74, 6) is -1.92. The smallest absolute Gasteiger partial charge is 0.289 e. The van der Waals surface area contributed by atoms with E-state index in [0.29, 0.717) is 13.1 Å². The van der Waals surface area contributed by atoms with Gasteiger partial charge in [0.2, 0.25) is 5.91 Å². The molecule has 1 amide bonds. The molecule has 0 aromatic heterocycles. The molecule has 0 heterocycles. The van der Waals surface area contributed by atoms with Crippen molar-refractivity contribution in [3.63, 3.8) is 0 Å². The van der Waals surface area contributed by atoms with Gasteiger partial charge in [-0.15, -0.1) is 0 Å². The van der Waals surface area contributed by atoms with E-state index < -0.39 is 22.8 Å². The number of halogens is 1. The van der Waals surface area contributed by atoms with Gasteiger partial charge in [-0.1, -0.05) is 11.6 Å². The monoisotopic (exact) mass is 345 g/mol. The molecule has 0 aliphatic rings. The van der Waals surface area contributed by atoms with Crippen molar-refractivity contribution in [2.75, 3.05) is 18.4 Å². The van der Waals surface area contributed by atoms with Crippen LogP contribution in [-0.2, 0) is 9.59 Å². The molecule has 0 spiro atoms. The second-order valence-electron chi connectivity index (χ2n) is 4.83. The number of quaternary nitrogens is 2. The highest BCUT2D eigenvalue weighted by molar-refractivity contribution is 6.32. The standard InChI is InChI=1S/C13H17ClN4O5/c14-9-3-2-8(6-11(9)18(22)23)17-12(19)7-10(13(20)21)16-5-1-4-15/h2-3,6,10,16H,1,4-5,7,15H2,(H,17,19)(H,20,21)/p+1/t10-/m1/s1. The summed E-state index contributed by atoms with van der Waals surface area (Å²) in [6, 6.07) is 2.77. The lowest BCUT2D eigenvalue weighted by Crippen LogP contribution is -2.93. The maximum atomic E-state index is 11.9. The molecular formula is C13H18ClN4O5+. The summed E-state index contributed by atoms with van der Waals surface area (Å²) in [5.41, 5.74) is 3.47. The molecule has 1 atom stereocenters. The van der Waals surface area contributed by atoms with E-state index in [-0.39, 0.29) is 22.8 Å². The average Bonchev–Trinajstić information content (AvgIpc) is 2.48. The molecule has 23 heavy (non-hydrogen) atoms. The third-order valence-electron chi connectivity index (χ3n) is 3.04. The topological polar surface area (TPSA) is 157 Å². The van der Waals surface area contributed by atoms with Crippen LogP contribution in [0, 0.1) is 10.1 Å². The number of hydrogen-bond acceptors (Lipinski definition) is 5. The van der Waals surface area contributed by atoms with E-state index in [9.17, 15) is 24.8 Å². The first-order valence-electron chi connectivity index (χ1n) is 6.92. The summed E-state index contributed by atoms with van der Waals surface area (Å²) in [7, 11) is 0. The third-order valence-corrected chi connectivity index (χ3v) is 3.36. The van der Waals surface area contributed by atoms with Crippen LogP contribution in [0.1, 0.15) is 12.8 Å². The molecule has 126 valence electrons. The summed E-state index contributed by atoms with van der Waals surface area (Å²) in [6.45, 7) is 1.18. The molecule has 0 unspecified atom stereocenters. The molecule has 1 aromatic carbocycles.